The van der Waals surface area contributed by atoms with Gasteiger partial charge in [-0.25, -0.2) is 0 Å². The van der Waals surface area contributed by atoms with E-state index in [1.807, 2.05) is 0 Å². The van der Waals surface area contributed by atoms with Gasteiger partial charge in [-0.15, -0.1) is 0 Å². The molecular weight excluding hydrogens is 155 g/mol. The van der Waals surface area contributed by atoms with Crippen LogP contribution in [0.4, 0.5) is 4.39 Å². The zero-order valence-electron chi connectivity index (χ0n) is 7.64. The minimum absolute atomic E-state index is 0.166. The average Bonchev–Trinajstić information content (AvgIpc) is 2.03. The second-order valence-corrected chi connectivity index (χ2v) is 3.46. The lowest BCUT2D eigenvalue weighted by Gasteiger charge is -2.40. The van der Waals surface area contributed by atoms with Gasteiger partial charge in [-0.3, -0.25) is 9.29 Å². The molecule has 1 rings (SSSR count). The SMILES string of the molecule is NCC1CCN1CCCCCF. The van der Waals surface area contributed by atoms with Crippen LogP contribution in [-0.4, -0.2) is 37.3 Å². The first-order chi connectivity index (χ1) is 5.88. The van der Waals surface area contributed by atoms with E-state index >= 15 is 0 Å². The quantitative estimate of drug-likeness (QED) is 0.612. The summed E-state index contributed by atoms with van der Waals surface area (Å²) >= 11 is 0. The van der Waals surface area contributed by atoms with Crippen LogP contribution in [-0.2, 0) is 0 Å². The predicted molar refractivity (Wildman–Crippen MR) is 48.9 cm³/mol. The lowest BCUT2D eigenvalue weighted by atomic mass is 10.0. The van der Waals surface area contributed by atoms with Crippen molar-refractivity contribution >= 4 is 0 Å². The standard InChI is InChI=1S/C9H19FN2/c10-5-2-1-3-6-12-7-4-9(12)8-11/h9H,1-8,11H2. The van der Waals surface area contributed by atoms with Crippen molar-refractivity contribution in [3.05, 3.63) is 0 Å². The Balaban J connectivity index is 1.93. The minimum atomic E-state index is -0.166. The molecule has 0 amide bonds. The Labute approximate surface area is 73.9 Å². The summed E-state index contributed by atoms with van der Waals surface area (Å²) in [6.07, 6.45) is 4.12. The highest BCUT2D eigenvalue weighted by atomic mass is 19.1. The maximum absolute atomic E-state index is 11.7. The zero-order chi connectivity index (χ0) is 8.81. The Morgan fingerprint density at radius 2 is 2.17 bits per heavy atom. The fourth-order valence-corrected chi connectivity index (χ4v) is 1.64. The van der Waals surface area contributed by atoms with Crippen LogP contribution in [0.1, 0.15) is 25.7 Å². The van der Waals surface area contributed by atoms with Gasteiger partial charge in [-0.05, 0) is 32.2 Å². The maximum Gasteiger partial charge on any atom is 0.0894 e. The van der Waals surface area contributed by atoms with E-state index in [-0.39, 0.29) is 6.67 Å². The summed E-state index contributed by atoms with van der Waals surface area (Å²) in [6.45, 7) is 2.92. The monoisotopic (exact) mass is 174 g/mol. The second kappa shape index (κ2) is 5.49. The first-order valence-electron chi connectivity index (χ1n) is 4.88. The molecule has 0 aromatic carbocycles. The first-order valence-corrected chi connectivity index (χ1v) is 4.88. The fourth-order valence-electron chi connectivity index (χ4n) is 1.64. The number of hydrogen-bond acceptors (Lipinski definition) is 2. The molecule has 2 N–H and O–H groups in total. The molecule has 2 nitrogen and oxygen atoms in total. The molecule has 1 fully saturated rings. The lowest BCUT2D eigenvalue weighted by Crippen LogP contribution is -2.51. The molecule has 1 unspecified atom stereocenters. The highest BCUT2D eigenvalue weighted by Gasteiger charge is 2.25. The van der Waals surface area contributed by atoms with E-state index in [0.717, 1.165) is 32.4 Å². The van der Waals surface area contributed by atoms with Crippen molar-refractivity contribution in [1.29, 1.82) is 0 Å². The Morgan fingerprint density at radius 3 is 2.67 bits per heavy atom. The molecule has 3 heteroatoms. The molecule has 0 saturated carbocycles. The fraction of sp³-hybridized carbons (Fsp3) is 1.00. The minimum Gasteiger partial charge on any atom is -0.329 e. The number of nitrogens with two attached hydrogens (primary N) is 1. The van der Waals surface area contributed by atoms with Crippen molar-refractivity contribution in [1.82, 2.24) is 4.90 Å². The van der Waals surface area contributed by atoms with Crippen LogP contribution < -0.4 is 5.73 Å². The zero-order valence-corrected chi connectivity index (χ0v) is 7.64. The number of hydrogen-bond donors (Lipinski definition) is 1. The molecular formula is C9H19FN2. The third-order valence-electron chi connectivity index (χ3n) is 2.62. The van der Waals surface area contributed by atoms with Crippen LogP contribution in [0.2, 0.25) is 0 Å². The van der Waals surface area contributed by atoms with Gasteiger partial charge in [-0.1, -0.05) is 0 Å². The molecule has 0 aromatic heterocycles. The smallest absolute Gasteiger partial charge is 0.0894 e. The van der Waals surface area contributed by atoms with Crippen molar-refractivity contribution in [2.45, 2.75) is 31.7 Å². The van der Waals surface area contributed by atoms with Crippen LogP contribution in [0.3, 0.4) is 0 Å². The molecule has 1 aliphatic rings. The number of unbranched alkanes of at least 4 members (excludes halogenated alkanes) is 2. The van der Waals surface area contributed by atoms with Gasteiger partial charge in [0.15, 0.2) is 0 Å². The lowest BCUT2D eigenvalue weighted by molar-refractivity contribution is 0.0944. The predicted octanol–water partition coefficient (Wildman–Crippen LogP) is 1.16. The Morgan fingerprint density at radius 1 is 1.33 bits per heavy atom. The number of alkyl halides is 1. The molecule has 12 heavy (non-hydrogen) atoms. The van der Waals surface area contributed by atoms with Crippen LogP contribution in [0, 0.1) is 0 Å². The molecule has 0 spiro atoms. The van der Waals surface area contributed by atoms with Gasteiger partial charge in [0.2, 0.25) is 0 Å². The highest BCUT2D eigenvalue weighted by Crippen LogP contribution is 2.16. The molecule has 0 aromatic rings. The Hall–Kier alpha value is -0.150. The normalized spacial score (nSPS) is 24.0. The summed E-state index contributed by atoms with van der Waals surface area (Å²) in [4.78, 5) is 2.40. The van der Waals surface area contributed by atoms with Crippen molar-refractivity contribution < 1.29 is 4.39 Å². The first kappa shape index (κ1) is 9.93. The summed E-state index contributed by atoms with van der Waals surface area (Å²) in [5.74, 6) is 0. The summed E-state index contributed by atoms with van der Waals surface area (Å²) in [5, 5.41) is 0. The van der Waals surface area contributed by atoms with Crippen LogP contribution >= 0.6 is 0 Å². The van der Waals surface area contributed by atoms with Crippen LogP contribution in [0.25, 0.3) is 0 Å². The van der Waals surface area contributed by atoms with E-state index < -0.39 is 0 Å². The van der Waals surface area contributed by atoms with Crippen molar-refractivity contribution in [3.8, 4) is 0 Å². The molecule has 72 valence electrons. The van der Waals surface area contributed by atoms with E-state index in [1.54, 1.807) is 0 Å². The van der Waals surface area contributed by atoms with Crippen LogP contribution in [0.5, 0.6) is 0 Å². The number of likely N-dealkylation sites (tertiary alicyclic amines) is 1. The van der Waals surface area contributed by atoms with Gasteiger partial charge in [0.1, 0.15) is 0 Å². The molecule has 1 atom stereocenters. The molecule has 0 aliphatic carbocycles. The third kappa shape index (κ3) is 2.72. The van der Waals surface area contributed by atoms with E-state index in [4.69, 9.17) is 5.73 Å². The van der Waals surface area contributed by atoms with E-state index in [2.05, 4.69) is 4.90 Å². The molecule has 1 saturated heterocycles. The van der Waals surface area contributed by atoms with E-state index in [1.165, 1.54) is 13.0 Å². The molecule has 1 heterocycles. The third-order valence-corrected chi connectivity index (χ3v) is 2.62. The number of nitrogens with zero attached hydrogens (tertiary/aromatic N) is 1. The summed E-state index contributed by atoms with van der Waals surface area (Å²) in [7, 11) is 0. The van der Waals surface area contributed by atoms with Gasteiger partial charge in [0, 0.05) is 19.1 Å². The highest BCUT2D eigenvalue weighted by molar-refractivity contribution is 4.82. The largest absolute Gasteiger partial charge is 0.329 e. The summed E-state index contributed by atoms with van der Waals surface area (Å²) < 4.78 is 11.7. The van der Waals surface area contributed by atoms with Gasteiger partial charge in [-0.2, -0.15) is 0 Å². The average molecular weight is 174 g/mol. The van der Waals surface area contributed by atoms with Crippen LogP contribution in [0.15, 0.2) is 0 Å². The summed E-state index contributed by atoms with van der Waals surface area (Å²) in [6, 6.07) is 0.621. The molecule has 0 radical (unpaired) electrons. The topological polar surface area (TPSA) is 29.3 Å². The van der Waals surface area contributed by atoms with Gasteiger partial charge >= 0.3 is 0 Å². The Bertz CT molecular complexity index is 117. The molecule has 1 aliphatic heterocycles. The van der Waals surface area contributed by atoms with E-state index in [0.29, 0.717) is 6.04 Å². The van der Waals surface area contributed by atoms with Crippen molar-refractivity contribution in [2.24, 2.45) is 5.73 Å². The second-order valence-electron chi connectivity index (χ2n) is 3.46. The van der Waals surface area contributed by atoms with Gasteiger partial charge < -0.3 is 5.73 Å². The maximum atomic E-state index is 11.7. The number of rotatable bonds is 6. The van der Waals surface area contributed by atoms with Gasteiger partial charge in [0.25, 0.3) is 0 Å². The van der Waals surface area contributed by atoms with Gasteiger partial charge in [0.05, 0.1) is 6.67 Å². The Kier molecular flexibility index (Phi) is 4.54. The molecule has 0 bridgehead atoms. The van der Waals surface area contributed by atoms with Crippen molar-refractivity contribution in [2.75, 3.05) is 26.3 Å². The number of halogens is 1. The van der Waals surface area contributed by atoms with Crippen molar-refractivity contribution in [3.63, 3.8) is 0 Å². The summed E-state index contributed by atoms with van der Waals surface area (Å²) in [5.41, 5.74) is 5.55. The van der Waals surface area contributed by atoms with E-state index in [9.17, 15) is 4.39 Å².